The Hall–Kier alpha value is -2.83. The molecule has 1 saturated heterocycles. The Morgan fingerprint density at radius 3 is 2.37 bits per heavy atom. The standard InChI is InChI=1S/C23H27F3N4O4S/c1-34-20-6-3-2-5-19(20)29-11-9-28(10-12-29)7-4-8-30-15-16-13-18(23(24,25)26)21(35(27,32)33)14-17(16)22(30)31/h2-3,5-6,13-14H,4,7-12,15H2,1H3,(H2,27,32,33). The molecular weight excluding hydrogens is 485 g/mol. The van der Waals surface area contributed by atoms with Crippen LogP contribution in [0.25, 0.3) is 0 Å². The SMILES string of the molecule is COc1ccccc1N1CCN(CCCN2Cc3cc(C(F)(F)F)c(S(N)(=O)=O)cc3C2=O)CC1. The third-order valence-electron chi connectivity index (χ3n) is 6.40. The van der Waals surface area contributed by atoms with E-state index in [1.807, 2.05) is 24.3 Å². The highest BCUT2D eigenvalue weighted by Crippen LogP contribution is 2.38. The van der Waals surface area contributed by atoms with Crippen LogP contribution in [0.15, 0.2) is 41.3 Å². The van der Waals surface area contributed by atoms with Gasteiger partial charge in [0.15, 0.2) is 0 Å². The van der Waals surface area contributed by atoms with Crippen molar-refractivity contribution in [2.45, 2.75) is 24.0 Å². The Morgan fingerprint density at radius 2 is 1.74 bits per heavy atom. The number of benzene rings is 2. The second-order valence-corrected chi connectivity index (χ2v) is 10.2. The number of hydrogen-bond donors (Lipinski definition) is 1. The van der Waals surface area contributed by atoms with Crippen LogP contribution in [0.3, 0.4) is 0 Å². The summed E-state index contributed by atoms with van der Waals surface area (Å²) < 4.78 is 69.1. The van der Waals surface area contributed by atoms with Crippen LogP contribution in [0, 0.1) is 0 Å². The number of para-hydroxylation sites is 2. The molecule has 0 aliphatic carbocycles. The fraction of sp³-hybridized carbons (Fsp3) is 0.435. The van der Waals surface area contributed by atoms with Gasteiger partial charge in [0.1, 0.15) is 5.75 Å². The predicted octanol–water partition coefficient (Wildman–Crippen LogP) is 2.53. The zero-order valence-corrected chi connectivity index (χ0v) is 20.0. The molecule has 4 rings (SSSR count). The lowest BCUT2D eigenvalue weighted by molar-refractivity contribution is -0.139. The monoisotopic (exact) mass is 512 g/mol. The molecule has 0 aromatic heterocycles. The van der Waals surface area contributed by atoms with Gasteiger partial charge in [-0.25, -0.2) is 13.6 Å². The Labute approximate surface area is 202 Å². The Balaban J connectivity index is 1.34. The second-order valence-electron chi connectivity index (χ2n) is 8.63. The highest BCUT2D eigenvalue weighted by molar-refractivity contribution is 7.89. The van der Waals surface area contributed by atoms with E-state index in [-0.39, 0.29) is 17.7 Å². The van der Waals surface area contributed by atoms with Crippen LogP contribution in [0.5, 0.6) is 5.75 Å². The minimum atomic E-state index is -4.90. The van der Waals surface area contributed by atoms with Crippen LogP contribution in [0.4, 0.5) is 18.9 Å². The maximum Gasteiger partial charge on any atom is 0.417 e. The Morgan fingerprint density at radius 1 is 1.06 bits per heavy atom. The topological polar surface area (TPSA) is 96.2 Å². The molecular formula is C23H27F3N4O4S. The average molecular weight is 513 g/mol. The summed E-state index contributed by atoms with van der Waals surface area (Å²) in [6.45, 7) is 4.40. The van der Waals surface area contributed by atoms with Crippen molar-refractivity contribution in [2.24, 2.45) is 5.14 Å². The van der Waals surface area contributed by atoms with Crippen LogP contribution in [0.1, 0.15) is 27.9 Å². The van der Waals surface area contributed by atoms with Gasteiger partial charge in [0.2, 0.25) is 10.0 Å². The highest BCUT2D eigenvalue weighted by atomic mass is 32.2. The predicted molar refractivity (Wildman–Crippen MR) is 124 cm³/mol. The molecule has 2 aliphatic rings. The van der Waals surface area contributed by atoms with Crippen molar-refractivity contribution in [3.63, 3.8) is 0 Å². The Kier molecular flexibility index (Phi) is 6.98. The lowest BCUT2D eigenvalue weighted by Crippen LogP contribution is -2.47. The number of nitrogens with zero attached hydrogens (tertiary/aromatic N) is 3. The summed E-state index contributed by atoms with van der Waals surface area (Å²) in [6.07, 6.45) is -4.26. The summed E-state index contributed by atoms with van der Waals surface area (Å²) in [5.74, 6) is 0.340. The molecule has 0 radical (unpaired) electrons. The van der Waals surface area contributed by atoms with E-state index >= 15 is 0 Å². The van der Waals surface area contributed by atoms with Gasteiger partial charge in [0, 0.05) is 44.8 Å². The minimum absolute atomic E-state index is 0.00370. The number of halogens is 3. The number of piperazine rings is 1. The molecule has 1 amide bonds. The molecule has 0 saturated carbocycles. The number of primary sulfonamides is 1. The van der Waals surface area contributed by atoms with E-state index in [0.717, 1.165) is 56.3 Å². The van der Waals surface area contributed by atoms with Crippen molar-refractivity contribution in [2.75, 3.05) is 51.3 Å². The first-order valence-electron chi connectivity index (χ1n) is 11.2. The van der Waals surface area contributed by atoms with Gasteiger partial charge in [0.05, 0.1) is 23.3 Å². The first-order chi connectivity index (χ1) is 16.5. The number of fused-ring (bicyclic) bond motifs is 1. The van der Waals surface area contributed by atoms with Gasteiger partial charge in [-0.3, -0.25) is 9.69 Å². The summed E-state index contributed by atoms with van der Waals surface area (Å²) in [6, 6.07) is 9.33. The summed E-state index contributed by atoms with van der Waals surface area (Å²) >= 11 is 0. The first-order valence-corrected chi connectivity index (χ1v) is 12.7. The lowest BCUT2D eigenvalue weighted by Gasteiger charge is -2.36. The van der Waals surface area contributed by atoms with Gasteiger partial charge in [-0.1, -0.05) is 12.1 Å². The van der Waals surface area contributed by atoms with Crippen molar-refractivity contribution in [1.82, 2.24) is 9.80 Å². The van der Waals surface area contributed by atoms with E-state index < -0.39 is 32.6 Å². The summed E-state index contributed by atoms with van der Waals surface area (Å²) in [5.41, 5.74) is -0.193. The van der Waals surface area contributed by atoms with Crippen LogP contribution < -0.4 is 14.8 Å². The number of carbonyl (C=O) groups is 1. The van der Waals surface area contributed by atoms with Crippen molar-refractivity contribution < 1.29 is 31.1 Å². The molecule has 2 aromatic carbocycles. The number of ether oxygens (including phenoxy) is 1. The van der Waals surface area contributed by atoms with Gasteiger partial charge in [-0.15, -0.1) is 0 Å². The van der Waals surface area contributed by atoms with Crippen molar-refractivity contribution >= 4 is 21.6 Å². The maximum absolute atomic E-state index is 13.4. The molecule has 1 fully saturated rings. The van der Waals surface area contributed by atoms with E-state index in [2.05, 4.69) is 9.80 Å². The number of nitrogens with two attached hydrogens (primary N) is 1. The quantitative estimate of drug-likeness (QED) is 0.613. The number of sulfonamides is 1. The van der Waals surface area contributed by atoms with Crippen molar-refractivity contribution in [1.29, 1.82) is 0 Å². The smallest absolute Gasteiger partial charge is 0.417 e. The van der Waals surface area contributed by atoms with E-state index in [0.29, 0.717) is 13.0 Å². The second kappa shape index (κ2) is 9.67. The van der Waals surface area contributed by atoms with E-state index in [1.54, 1.807) is 7.11 Å². The number of methoxy groups -OCH3 is 1. The van der Waals surface area contributed by atoms with Crippen LogP contribution in [0.2, 0.25) is 0 Å². The molecule has 0 unspecified atom stereocenters. The molecule has 2 aliphatic heterocycles. The normalized spacial score (nSPS) is 17.1. The van der Waals surface area contributed by atoms with Gasteiger partial charge in [-0.05, 0) is 42.8 Å². The molecule has 12 heteroatoms. The van der Waals surface area contributed by atoms with Gasteiger partial charge >= 0.3 is 6.18 Å². The van der Waals surface area contributed by atoms with E-state index in [9.17, 15) is 26.4 Å². The first kappa shape index (κ1) is 25.3. The summed E-state index contributed by atoms with van der Waals surface area (Å²) in [4.78, 5) is 17.7. The molecule has 2 heterocycles. The number of hydrogen-bond acceptors (Lipinski definition) is 6. The number of rotatable bonds is 7. The van der Waals surface area contributed by atoms with Crippen molar-refractivity contribution in [3.05, 3.63) is 53.1 Å². The molecule has 190 valence electrons. The molecule has 0 atom stereocenters. The number of anilines is 1. The zero-order valence-electron chi connectivity index (χ0n) is 19.2. The van der Waals surface area contributed by atoms with Gasteiger partial charge in [-0.2, -0.15) is 13.2 Å². The fourth-order valence-electron chi connectivity index (χ4n) is 4.63. The summed E-state index contributed by atoms with van der Waals surface area (Å²) in [7, 11) is -3.00. The van der Waals surface area contributed by atoms with E-state index in [1.165, 1.54) is 4.90 Å². The third kappa shape index (κ3) is 5.39. The third-order valence-corrected chi connectivity index (χ3v) is 7.35. The molecule has 0 bridgehead atoms. The van der Waals surface area contributed by atoms with E-state index in [4.69, 9.17) is 9.88 Å². The minimum Gasteiger partial charge on any atom is -0.495 e. The highest BCUT2D eigenvalue weighted by Gasteiger charge is 2.40. The molecule has 8 nitrogen and oxygen atoms in total. The molecule has 2 N–H and O–H groups in total. The lowest BCUT2D eigenvalue weighted by atomic mass is 10.1. The molecule has 35 heavy (non-hydrogen) atoms. The Bertz CT molecular complexity index is 1210. The van der Waals surface area contributed by atoms with Crippen LogP contribution >= 0.6 is 0 Å². The maximum atomic E-state index is 13.4. The van der Waals surface area contributed by atoms with Crippen molar-refractivity contribution in [3.8, 4) is 5.75 Å². The van der Waals surface area contributed by atoms with Crippen LogP contribution in [-0.4, -0.2) is 70.5 Å². The molecule has 0 spiro atoms. The zero-order chi connectivity index (χ0) is 25.4. The number of amides is 1. The summed E-state index contributed by atoms with van der Waals surface area (Å²) in [5, 5.41) is 4.99. The van der Waals surface area contributed by atoms with Crippen LogP contribution in [-0.2, 0) is 22.7 Å². The number of alkyl halides is 3. The molecule has 2 aromatic rings. The largest absolute Gasteiger partial charge is 0.495 e. The average Bonchev–Trinajstić information content (AvgIpc) is 3.12. The van der Waals surface area contributed by atoms with Gasteiger partial charge in [0.25, 0.3) is 5.91 Å². The fourth-order valence-corrected chi connectivity index (χ4v) is 5.39. The van der Waals surface area contributed by atoms with Gasteiger partial charge < -0.3 is 14.5 Å². The number of carbonyl (C=O) groups excluding carboxylic acids is 1.